The van der Waals surface area contributed by atoms with Crippen LogP contribution in [0.15, 0.2) is 60.8 Å². The number of anilines is 3. The number of fused-ring (bicyclic) bond motifs is 1. The number of hydrogen-bond acceptors (Lipinski definition) is 3. The number of nitrogens with zero attached hydrogens (tertiary/aromatic N) is 1. The van der Waals surface area contributed by atoms with Gasteiger partial charge in [0.05, 0.1) is 11.2 Å². The number of hydrogen-bond donors (Lipinski definition) is 3. The summed E-state index contributed by atoms with van der Waals surface area (Å²) in [6.45, 7) is 0. The SMILES string of the molecule is Nc1ccc(NC(=O)Nc2cccc3cccnc23)cc1. The van der Waals surface area contributed by atoms with Gasteiger partial charge in [0, 0.05) is 23.0 Å². The Morgan fingerprint density at radius 3 is 2.52 bits per heavy atom. The van der Waals surface area contributed by atoms with Gasteiger partial charge in [0.2, 0.25) is 0 Å². The lowest BCUT2D eigenvalue weighted by molar-refractivity contribution is 0.262. The fourth-order valence-corrected chi connectivity index (χ4v) is 2.06. The molecule has 0 atom stereocenters. The molecule has 21 heavy (non-hydrogen) atoms. The molecule has 4 N–H and O–H groups in total. The number of nitrogens with two attached hydrogens (primary N) is 1. The van der Waals surface area contributed by atoms with Crippen molar-refractivity contribution in [2.24, 2.45) is 0 Å². The van der Waals surface area contributed by atoms with Crippen molar-refractivity contribution in [3.63, 3.8) is 0 Å². The summed E-state index contributed by atoms with van der Waals surface area (Å²) in [4.78, 5) is 16.3. The number of para-hydroxylation sites is 1. The summed E-state index contributed by atoms with van der Waals surface area (Å²) in [5, 5.41) is 6.53. The van der Waals surface area contributed by atoms with Crippen LogP contribution in [0.4, 0.5) is 21.9 Å². The number of pyridine rings is 1. The zero-order valence-electron chi connectivity index (χ0n) is 11.2. The minimum atomic E-state index is -0.321. The molecule has 3 rings (SSSR count). The van der Waals surface area contributed by atoms with E-state index in [1.165, 1.54) is 0 Å². The van der Waals surface area contributed by atoms with Gasteiger partial charge in [-0.25, -0.2) is 4.79 Å². The quantitative estimate of drug-likeness (QED) is 0.628. The fourth-order valence-electron chi connectivity index (χ4n) is 2.06. The molecular weight excluding hydrogens is 264 g/mol. The Bertz CT molecular complexity index is 778. The van der Waals surface area contributed by atoms with Gasteiger partial charge in [-0.3, -0.25) is 4.98 Å². The summed E-state index contributed by atoms with van der Waals surface area (Å²) in [5.74, 6) is 0. The van der Waals surface area contributed by atoms with Crippen LogP contribution < -0.4 is 16.4 Å². The van der Waals surface area contributed by atoms with Gasteiger partial charge < -0.3 is 16.4 Å². The van der Waals surface area contributed by atoms with E-state index in [0.29, 0.717) is 17.1 Å². The lowest BCUT2D eigenvalue weighted by Gasteiger charge is -2.09. The lowest BCUT2D eigenvalue weighted by atomic mass is 10.2. The molecule has 0 unspecified atom stereocenters. The number of carbonyl (C=O) groups is 1. The van der Waals surface area contributed by atoms with Crippen LogP contribution in [-0.2, 0) is 0 Å². The molecule has 0 spiro atoms. The number of nitrogens with one attached hydrogen (secondary N) is 2. The van der Waals surface area contributed by atoms with Crippen LogP contribution in [0, 0.1) is 0 Å². The number of amides is 2. The van der Waals surface area contributed by atoms with E-state index in [1.807, 2.05) is 30.3 Å². The van der Waals surface area contributed by atoms with Gasteiger partial charge in [-0.2, -0.15) is 0 Å². The van der Waals surface area contributed by atoms with E-state index in [1.54, 1.807) is 30.5 Å². The third-order valence-electron chi connectivity index (χ3n) is 3.05. The molecule has 0 saturated heterocycles. The Balaban J connectivity index is 1.79. The normalized spacial score (nSPS) is 10.3. The number of rotatable bonds is 2. The molecule has 1 heterocycles. The van der Waals surface area contributed by atoms with Crippen LogP contribution in [0.1, 0.15) is 0 Å². The van der Waals surface area contributed by atoms with Gasteiger partial charge in [0.15, 0.2) is 0 Å². The van der Waals surface area contributed by atoms with E-state index < -0.39 is 0 Å². The first-order chi connectivity index (χ1) is 10.2. The molecule has 5 nitrogen and oxygen atoms in total. The van der Waals surface area contributed by atoms with Crippen molar-refractivity contribution in [1.29, 1.82) is 0 Å². The second-order valence-corrected chi connectivity index (χ2v) is 4.58. The van der Waals surface area contributed by atoms with Crippen molar-refractivity contribution in [2.45, 2.75) is 0 Å². The first-order valence-corrected chi connectivity index (χ1v) is 6.50. The first-order valence-electron chi connectivity index (χ1n) is 6.50. The third kappa shape index (κ3) is 2.92. The maximum atomic E-state index is 12.0. The van der Waals surface area contributed by atoms with Crippen molar-refractivity contribution in [2.75, 3.05) is 16.4 Å². The number of aromatic nitrogens is 1. The number of nitrogen functional groups attached to an aromatic ring is 1. The molecule has 0 aliphatic heterocycles. The van der Waals surface area contributed by atoms with Gasteiger partial charge >= 0.3 is 6.03 Å². The fraction of sp³-hybridized carbons (Fsp3) is 0. The smallest absolute Gasteiger partial charge is 0.323 e. The molecule has 0 aliphatic rings. The summed E-state index contributed by atoms with van der Waals surface area (Å²) >= 11 is 0. The molecule has 0 bridgehead atoms. The standard InChI is InChI=1S/C16H14N4O/c17-12-6-8-13(9-7-12)19-16(21)20-14-5-1-3-11-4-2-10-18-15(11)14/h1-10H,17H2,(H2,19,20,21). The van der Waals surface area contributed by atoms with Gasteiger partial charge in [0.1, 0.15) is 0 Å². The van der Waals surface area contributed by atoms with Crippen LogP contribution in [-0.4, -0.2) is 11.0 Å². The van der Waals surface area contributed by atoms with Crippen LogP contribution in [0.2, 0.25) is 0 Å². The van der Waals surface area contributed by atoms with Crippen molar-refractivity contribution in [1.82, 2.24) is 4.98 Å². The molecule has 3 aromatic rings. The summed E-state index contributed by atoms with van der Waals surface area (Å²) in [5.41, 5.74) is 8.36. The monoisotopic (exact) mass is 278 g/mol. The maximum Gasteiger partial charge on any atom is 0.323 e. The van der Waals surface area contributed by atoms with Crippen molar-refractivity contribution < 1.29 is 4.79 Å². The molecule has 0 saturated carbocycles. The van der Waals surface area contributed by atoms with E-state index in [4.69, 9.17) is 5.73 Å². The second kappa shape index (κ2) is 5.50. The highest BCUT2D eigenvalue weighted by Gasteiger charge is 2.06. The minimum absolute atomic E-state index is 0.321. The molecule has 1 aromatic heterocycles. The number of benzene rings is 2. The van der Waals surface area contributed by atoms with Crippen LogP contribution in [0.3, 0.4) is 0 Å². The van der Waals surface area contributed by atoms with E-state index in [9.17, 15) is 4.79 Å². The predicted octanol–water partition coefficient (Wildman–Crippen LogP) is 3.46. The molecule has 0 fully saturated rings. The molecule has 5 heteroatoms. The lowest BCUT2D eigenvalue weighted by Crippen LogP contribution is -2.19. The Morgan fingerprint density at radius 2 is 1.71 bits per heavy atom. The van der Waals surface area contributed by atoms with Crippen LogP contribution in [0.25, 0.3) is 10.9 Å². The molecular formula is C16H14N4O. The summed E-state index contributed by atoms with van der Waals surface area (Å²) < 4.78 is 0. The van der Waals surface area contributed by atoms with E-state index in [-0.39, 0.29) is 6.03 Å². The topological polar surface area (TPSA) is 80.0 Å². The molecule has 0 aliphatic carbocycles. The zero-order valence-corrected chi connectivity index (χ0v) is 11.2. The highest BCUT2D eigenvalue weighted by Crippen LogP contribution is 2.21. The van der Waals surface area contributed by atoms with Crippen LogP contribution in [0.5, 0.6) is 0 Å². The highest BCUT2D eigenvalue weighted by molar-refractivity contribution is 6.05. The van der Waals surface area contributed by atoms with E-state index in [2.05, 4.69) is 15.6 Å². The van der Waals surface area contributed by atoms with E-state index in [0.717, 1.165) is 10.9 Å². The van der Waals surface area contributed by atoms with Gasteiger partial charge in [-0.05, 0) is 36.4 Å². The zero-order chi connectivity index (χ0) is 14.7. The minimum Gasteiger partial charge on any atom is -0.399 e. The summed E-state index contributed by atoms with van der Waals surface area (Å²) in [6, 6.07) is 16.1. The summed E-state index contributed by atoms with van der Waals surface area (Å²) in [6.07, 6.45) is 1.70. The average molecular weight is 278 g/mol. The Morgan fingerprint density at radius 1 is 0.952 bits per heavy atom. The van der Waals surface area contributed by atoms with Gasteiger partial charge in [-0.15, -0.1) is 0 Å². The number of urea groups is 1. The molecule has 2 aromatic carbocycles. The molecule has 0 radical (unpaired) electrons. The average Bonchev–Trinajstić information content (AvgIpc) is 2.50. The Hall–Kier alpha value is -3.08. The van der Waals surface area contributed by atoms with Crippen molar-refractivity contribution in [3.8, 4) is 0 Å². The van der Waals surface area contributed by atoms with Gasteiger partial charge in [-0.1, -0.05) is 18.2 Å². The molecule has 2 amide bonds. The second-order valence-electron chi connectivity index (χ2n) is 4.58. The molecule has 104 valence electrons. The third-order valence-corrected chi connectivity index (χ3v) is 3.05. The van der Waals surface area contributed by atoms with Crippen molar-refractivity contribution >= 4 is 34.0 Å². The Labute approximate surface area is 121 Å². The number of carbonyl (C=O) groups excluding carboxylic acids is 1. The van der Waals surface area contributed by atoms with Gasteiger partial charge in [0.25, 0.3) is 0 Å². The highest BCUT2D eigenvalue weighted by atomic mass is 16.2. The first kappa shape index (κ1) is 12.9. The Kier molecular flexibility index (Phi) is 3.39. The van der Waals surface area contributed by atoms with Crippen molar-refractivity contribution in [3.05, 3.63) is 60.8 Å². The van der Waals surface area contributed by atoms with E-state index >= 15 is 0 Å². The van der Waals surface area contributed by atoms with Crippen LogP contribution >= 0.6 is 0 Å². The predicted molar refractivity (Wildman–Crippen MR) is 85.2 cm³/mol. The largest absolute Gasteiger partial charge is 0.399 e. The summed E-state index contributed by atoms with van der Waals surface area (Å²) in [7, 11) is 0. The maximum absolute atomic E-state index is 12.0.